The van der Waals surface area contributed by atoms with Crippen LogP contribution in [-0.4, -0.2) is 53.1 Å². The minimum atomic E-state index is -0.526. The van der Waals surface area contributed by atoms with Gasteiger partial charge < -0.3 is 15.2 Å². The number of hydrogen-bond donors (Lipinski definition) is 2. The van der Waals surface area contributed by atoms with Crippen LogP contribution in [0.3, 0.4) is 0 Å². The molecule has 0 aliphatic carbocycles. The van der Waals surface area contributed by atoms with E-state index in [1.807, 2.05) is 24.0 Å². The standard InChI is InChI=1S/C25H26F2N6O/c1-3-15-12-16-4-5-18(20(26)21(16)31-25(15)34)14-32-8-10-33(11-9-32)19-13-17-6-7-29-24(28-2)22(17)30-23(19)27/h4-7,12-13H,3,8-11,14H2,1-2H3,(H,28,29)(H,31,34). The number of anilines is 2. The summed E-state index contributed by atoms with van der Waals surface area (Å²) in [5, 5.41) is 4.45. The average molecular weight is 465 g/mol. The zero-order valence-corrected chi connectivity index (χ0v) is 19.2. The predicted octanol–water partition coefficient (Wildman–Crippen LogP) is 3.68. The molecule has 2 N–H and O–H groups in total. The fourth-order valence-corrected chi connectivity index (χ4v) is 4.57. The molecule has 9 heteroatoms. The van der Waals surface area contributed by atoms with Crippen molar-refractivity contribution in [2.24, 2.45) is 0 Å². The molecule has 1 aromatic carbocycles. The maximum atomic E-state index is 15.2. The number of rotatable bonds is 5. The van der Waals surface area contributed by atoms with Gasteiger partial charge in [-0.15, -0.1) is 0 Å². The van der Waals surface area contributed by atoms with Crippen LogP contribution >= 0.6 is 0 Å². The van der Waals surface area contributed by atoms with E-state index in [0.717, 1.165) is 5.39 Å². The van der Waals surface area contributed by atoms with Crippen molar-refractivity contribution < 1.29 is 8.78 Å². The van der Waals surface area contributed by atoms with E-state index in [1.54, 1.807) is 31.4 Å². The highest BCUT2D eigenvalue weighted by molar-refractivity contribution is 5.90. The second-order valence-electron chi connectivity index (χ2n) is 8.52. The Hall–Kier alpha value is -3.59. The first kappa shape index (κ1) is 22.2. The Morgan fingerprint density at radius 3 is 2.59 bits per heavy atom. The number of piperazine rings is 1. The monoisotopic (exact) mass is 464 g/mol. The van der Waals surface area contributed by atoms with Crippen LogP contribution in [0.2, 0.25) is 0 Å². The number of hydrogen-bond acceptors (Lipinski definition) is 6. The minimum Gasteiger partial charge on any atom is -0.371 e. The van der Waals surface area contributed by atoms with Crippen LogP contribution in [0.25, 0.3) is 21.8 Å². The first-order valence-electron chi connectivity index (χ1n) is 11.4. The third-order valence-corrected chi connectivity index (χ3v) is 6.51. The van der Waals surface area contributed by atoms with Gasteiger partial charge in [-0.2, -0.15) is 4.39 Å². The maximum absolute atomic E-state index is 15.2. The number of aromatic amines is 1. The zero-order valence-electron chi connectivity index (χ0n) is 19.2. The number of fused-ring (bicyclic) bond motifs is 2. The van der Waals surface area contributed by atoms with Crippen molar-refractivity contribution in [2.75, 3.05) is 43.4 Å². The summed E-state index contributed by atoms with van der Waals surface area (Å²) >= 11 is 0. The van der Waals surface area contributed by atoms with Crippen LogP contribution in [0.15, 0.2) is 41.3 Å². The summed E-state index contributed by atoms with van der Waals surface area (Å²) in [4.78, 5) is 27.3. The molecule has 4 heterocycles. The van der Waals surface area contributed by atoms with Crippen molar-refractivity contribution in [1.82, 2.24) is 19.9 Å². The van der Waals surface area contributed by atoms with Crippen molar-refractivity contribution >= 4 is 33.3 Å². The van der Waals surface area contributed by atoms with Gasteiger partial charge in [0.05, 0.1) is 11.2 Å². The van der Waals surface area contributed by atoms with Crippen LogP contribution in [0.1, 0.15) is 18.1 Å². The van der Waals surface area contributed by atoms with E-state index in [2.05, 4.69) is 25.2 Å². The van der Waals surface area contributed by atoms with E-state index in [1.165, 1.54) is 0 Å². The van der Waals surface area contributed by atoms with Gasteiger partial charge in [-0.05, 0) is 24.6 Å². The molecule has 7 nitrogen and oxygen atoms in total. The lowest BCUT2D eigenvalue weighted by Crippen LogP contribution is -2.46. The topological polar surface area (TPSA) is 77.2 Å². The van der Waals surface area contributed by atoms with Crippen LogP contribution in [0.4, 0.5) is 20.3 Å². The maximum Gasteiger partial charge on any atom is 0.251 e. The number of aromatic nitrogens is 3. The van der Waals surface area contributed by atoms with Crippen LogP contribution in [-0.2, 0) is 13.0 Å². The van der Waals surface area contributed by atoms with E-state index in [0.29, 0.717) is 72.7 Å². The number of H-pyrrole nitrogens is 1. The van der Waals surface area contributed by atoms with Gasteiger partial charge in [-0.25, -0.2) is 14.4 Å². The SMILES string of the molecule is CCc1cc2ccc(CN3CCN(c4cc5ccnc(NC)c5nc4F)CC3)c(F)c2[nH]c1=O. The Morgan fingerprint density at radius 1 is 1.06 bits per heavy atom. The molecule has 0 bridgehead atoms. The Labute approximate surface area is 195 Å². The highest BCUT2D eigenvalue weighted by Gasteiger charge is 2.22. The zero-order chi connectivity index (χ0) is 23.8. The average Bonchev–Trinajstić information content (AvgIpc) is 2.85. The predicted molar refractivity (Wildman–Crippen MR) is 130 cm³/mol. The van der Waals surface area contributed by atoms with Gasteiger partial charge in [-0.3, -0.25) is 9.69 Å². The molecule has 0 radical (unpaired) electrons. The molecule has 1 saturated heterocycles. The fourth-order valence-electron chi connectivity index (χ4n) is 4.57. The molecule has 0 saturated carbocycles. The summed E-state index contributed by atoms with van der Waals surface area (Å²) in [5.41, 5.74) is 2.14. The molecule has 1 aliphatic heterocycles. The number of nitrogens with zero attached hydrogens (tertiary/aromatic N) is 4. The lowest BCUT2D eigenvalue weighted by molar-refractivity contribution is 0.246. The highest BCUT2D eigenvalue weighted by Crippen LogP contribution is 2.28. The molecule has 1 aliphatic rings. The Morgan fingerprint density at radius 2 is 1.85 bits per heavy atom. The molecule has 5 rings (SSSR count). The first-order valence-corrected chi connectivity index (χ1v) is 11.4. The number of benzene rings is 1. The van der Waals surface area contributed by atoms with E-state index in [4.69, 9.17) is 0 Å². The molecular weight excluding hydrogens is 438 g/mol. The lowest BCUT2D eigenvalue weighted by Gasteiger charge is -2.36. The number of nitrogens with one attached hydrogen (secondary N) is 2. The summed E-state index contributed by atoms with van der Waals surface area (Å²) in [5.74, 6) is -0.378. The molecule has 0 spiro atoms. The molecule has 176 valence electrons. The number of pyridine rings is 3. The highest BCUT2D eigenvalue weighted by atomic mass is 19.1. The molecule has 4 aromatic rings. The molecule has 0 atom stereocenters. The second kappa shape index (κ2) is 8.98. The van der Waals surface area contributed by atoms with Crippen molar-refractivity contribution in [3.63, 3.8) is 0 Å². The van der Waals surface area contributed by atoms with Crippen LogP contribution in [0.5, 0.6) is 0 Å². The van der Waals surface area contributed by atoms with Gasteiger partial charge in [0.1, 0.15) is 5.52 Å². The molecule has 34 heavy (non-hydrogen) atoms. The lowest BCUT2D eigenvalue weighted by atomic mass is 10.1. The smallest absolute Gasteiger partial charge is 0.251 e. The largest absolute Gasteiger partial charge is 0.371 e. The molecule has 0 amide bonds. The molecule has 0 unspecified atom stereocenters. The molecule has 1 fully saturated rings. The van der Waals surface area contributed by atoms with E-state index < -0.39 is 11.8 Å². The van der Waals surface area contributed by atoms with E-state index in [9.17, 15) is 9.18 Å². The normalized spacial score (nSPS) is 14.8. The summed E-state index contributed by atoms with van der Waals surface area (Å²) in [6, 6.07) is 9.01. The summed E-state index contributed by atoms with van der Waals surface area (Å²) < 4.78 is 30.0. The third kappa shape index (κ3) is 3.96. The Balaban J connectivity index is 1.32. The van der Waals surface area contributed by atoms with Gasteiger partial charge in [0.15, 0.2) is 11.6 Å². The van der Waals surface area contributed by atoms with Crippen LogP contribution in [0, 0.1) is 11.8 Å². The Bertz CT molecular complexity index is 1430. The fraction of sp³-hybridized carbons (Fsp3) is 0.320. The number of aryl methyl sites for hydroxylation is 1. The first-order chi connectivity index (χ1) is 16.5. The van der Waals surface area contributed by atoms with Gasteiger partial charge in [0.25, 0.3) is 5.56 Å². The van der Waals surface area contributed by atoms with Crippen molar-refractivity contribution in [1.29, 1.82) is 0 Å². The van der Waals surface area contributed by atoms with E-state index in [-0.39, 0.29) is 11.1 Å². The van der Waals surface area contributed by atoms with Crippen molar-refractivity contribution in [3.8, 4) is 0 Å². The third-order valence-electron chi connectivity index (χ3n) is 6.51. The molecule has 3 aromatic heterocycles. The van der Waals surface area contributed by atoms with E-state index >= 15 is 4.39 Å². The van der Waals surface area contributed by atoms with Crippen LogP contribution < -0.4 is 15.8 Å². The van der Waals surface area contributed by atoms with Crippen molar-refractivity contribution in [3.05, 3.63) is 69.8 Å². The summed E-state index contributed by atoms with van der Waals surface area (Å²) in [6.07, 6.45) is 2.27. The molecular formula is C25H26F2N6O. The minimum absolute atomic E-state index is 0.247. The van der Waals surface area contributed by atoms with Gasteiger partial charge in [-0.1, -0.05) is 19.1 Å². The van der Waals surface area contributed by atoms with Gasteiger partial charge >= 0.3 is 0 Å². The number of halogens is 2. The summed E-state index contributed by atoms with van der Waals surface area (Å²) in [6.45, 7) is 4.82. The Kier molecular flexibility index (Phi) is 5.87. The van der Waals surface area contributed by atoms with Gasteiger partial charge in [0.2, 0.25) is 5.95 Å². The quantitative estimate of drug-likeness (QED) is 0.439. The van der Waals surface area contributed by atoms with Crippen molar-refractivity contribution in [2.45, 2.75) is 19.9 Å². The second-order valence-corrected chi connectivity index (χ2v) is 8.52. The van der Waals surface area contributed by atoms with Gasteiger partial charge in [0, 0.05) is 67.9 Å². The summed E-state index contributed by atoms with van der Waals surface area (Å²) in [7, 11) is 1.73.